The van der Waals surface area contributed by atoms with Gasteiger partial charge in [0.25, 0.3) is 5.91 Å². The summed E-state index contributed by atoms with van der Waals surface area (Å²) in [6.45, 7) is 0.470. The Morgan fingerprint density at radius 1 is 1.24 bits per heavy atom. The van der Waals surface area contributed by atoms with Crippen LogP contribution in [0.25, 0.3) is 9.88 Å². The highest BCUT2D eigenvalue weighted by Gasteiger charge is 2.18. The first kappa shape index (κ1) is 17.5. The maximum absolute atomic E-state index is 12.6. The molecule has 0 unspecified atom stereocenters. The number of alkyl halides is 2. The molecule has 1 aromatic carbocycles. The van der Waals surface area contributed by atoms with Crippen LogP contribution in [0.5, 0.6) is 5.75 Å². The smallest absolute Gasteiger partial charge is 0.387 e. The molecule has 2 aromatic heterocycles. The summed E-state index contributed by atoms with van der Waals surface area (Å²) in [5, 5.41) is 5.48. The van der Waals surface area contributed by atoms with Crippen molar-refractivity contribution in [1.82, 2.24) is 4.98 Å². The van der Waals surface area contributed by atoms with Gasteiger partial charge in [-0.25, -0.2) is 4.98 Å². The van der Waals surface area contributed by atoms with Crippen molar-refractivity contribution in [3.8, 4) is 15.6 Å². The van der Waals surface area contributed by atoms with Crippen molar-refractivity contribution in [2.24, 2.45) is 0 Å². The van der Waals surface area contributed by atoms with E-state index in [1.165, 1.54) is 17.4 Å². The summed E-state index contributed by atoms with van der Waals surface area (Å²) in [6, 6.07) is 8.50. The van der Waals surface area contributed by atoms with Crippen LogP contribution in [0.15, 0.2) is 35.7 Å². The molecule has 8 heteroatoms. The van der Waals surface area contributed by atoms with E-state index < -0.39 is 6.61 Å². The number of anilines is 1. The third kappa shape index (κ3) is 3.85. The van der Waals surface area contributed by atoms with Crippen molar-refractivity contribution in [3.63, 3.8) is 0 Å². The number of hydrogen-bond acceptors (Lipinski definition) is 5. The van der Waals surface area contributed by atoms with Crippen LogP contribution in [0.4, 0.5) is 14.5 Å². The lowest BCUT2D eigenvalue weighted by Crippen LogP contribution is -2.13. The molecule has 0 radical (unpaired) electrons. The molecule has 3 rings (SSSR count). The van der Waals surface area contributed by atoms with Crippen LogP contribution in [0.3, 0.4) is 0 Å². The summed E-state index contributed by atoms with van der Waals surface area (Å²) in [7, 11) is 0. The molecular weight excluding hydrogens is 366 g/mol. The van der Waals surface area contributed by atoms with E-state index in [1.807, 2.05) is 17.5 Å². The van der Waals surface area contributed by atoms with Crippen LogP contribution < -0.4 is 10.1 Å². The molecule has 0 spiro atoms. The molecule has 2 heterocycles. The molecule has 130 valence electrons. The Kier molecular flexibility index (Phi) is 5.10. The van der Waals surface area contributed by atoms with E-state index in [0.29, 0.717) is 21.8 Å². The van der Waals surface area contributed by atoms with Crippen LogP contribution >= 0.6 is 22.7 Å². The van der Waals surface area contributed by atoms with E-state index in [4.69, 9.17) is 0 Å². The quantitative estimate of drug-likeness (QED) is 0.650. The molecule has 0 aliphatic carbocycles. The van der Waals surface area contributed by atoms with Crippen molar-refractivity contribution in [3.05, 3.63) is 51.8 Å². The summed E-state index contributed by atoms with van der Waals surface area (Å²) < 4.78 is 29.3. The number of aryl methyl sites for hydroxylation is 1. The van der Waals surface area contributed by atoms with E-state index in [-0.39, 0.29) is 11.7 Å². The number of nitrogens with zero attached hydrogens (tertiary/aromatic N) is 1. The van der Waals surface area contributed by atoms with Gasteiger partial charge in [-0.1, -0.05) is 12.1 Å². The fourth-order valence-corrected chi connectivity index (χ4v) is 4.02. The zero-order chi connectivity index (χ0) is 18.0. The van der Waals surface area contributed by atoms with Crippen molar-refractivity contribution in [1.29, 1.82) is 0 Å². The van der Waals surface area contributed by atoms with Gasteiger partial charge in [-0.05, 0) is 37.4 Å². The van der Waals surface area contributed by atoms with Gasteiger partial charge in [-0.3, -0.25) is 4.79 Å². The molecule has 0 fully saturated rings. The minimum Gasteiger partial charge on any atom is -0.434 e. The number of hydrogen-bond donors (Lipinski definition) is 1. The molecule has 0 aliphatic heterocycles. The SMILES string of the molecule is Cc1nc(-c2cccs2)sc1C(=O)Nc1cccc(OC(F)F)c1C. The Balaban J connectivity index is 1.84. The lowest BCUT2D eigenvalue weighted by molar-refractivity contribution is -0.0502. The van der Waals surface area contributed by atoms with Gasteiger partial charge in [0.05, 0.1) is 10.6 Å². The van der Waals surface area contributed by atoms with Crippen LogP contribution in [0.1, 0.15) is 20.9 Å². The standard InChI is InChI=1S/C17H14F2N2O2S2/c1-9-11(5-3-6-12(9)23-17(18)19)21-15(22)14-10(2)20-16(25-14)13-7-4-8-24-13/h3-8,17H,1-2H3,(H,21,22). The number of halogens is 2. The van der Waals surface area contributed by atoms with Crippen LogP contribution in [-0.2, 0) is 0 Å². The maximum atomic E-state index is 12.6. The van der Waals surface area contributed by atoms with E-state index in [2.05, 4.69) is 15.0 Å². The second-order valence-corrected chi connectivity index (χ2v) is 7.12. The largest absolute Gasteiger partial charge is 0.434 e. The molecule has 0 aliphatic rings. The van der Waals surface area contributed by atoms with Crippen molar-refractivity contribution in [2.45, 2.75) is 20.5 Å². The third-order valence-corrected chi connectivity index (χ3v) is 5.68. The molecular formula is C17H14F2N2O2S2. The number of carbonyl (C=O) groups excluding carboxylic acids is 1. The van der Waals surface area contributed by atoms with Crippen LogP contribution in [0, 0.1) is 13.8 Å². The van der Waals surface area contributed by atoms with Gasteiger partial charge >= 0.3 is 6.61 Å². The lowest BCUT2D eigenvalue weighted by atomic mass is 10.1. The van der Waals surface area contributed by atoms with Crippen molar-refractivity contribution < 1.29 is 18.3 Å². The summed E-state index contributed by atoms with van der Waals surface area (Å²) >= 11 is 2.85. The van der Waals surface area contributed by atoms with Crippen LogP contribution in [0.2, 0.25) is 0 Å². The molecule has 25 heavy (non-hydrogen) atoms. The number of thiazole rings is 1. The molecule has 0 bridgehead atoms. The van der Waals surface area contributed by atoms with Crippen LogP contribution in [-0.4, -0.2) is 17.5 Å². The number of aromatic nitrogens is 1. The fraction of sp³-hybridized carbons (Fsp3) is 0.176. The molecule has 0 saturated carbocycles. The number of nitrogens with one attached hydrogen (secondary N) is 1. The molecule has 3 aromatic rings. The minimum absolute atomic E-state index is 0.0353. The predicted octanol–water partition coefficient (Wildman–Crippen LogP) is 5.34. The lowest BCUT2D eigenvalue weighted by Gasteiger charge is -2.12. The summed E-state index contributed by atoms with van der Waals surface area (Å²) in [5.74, 6) is -0.289. The number of carbonyl (C=O) groups is 1. The van der Waals surface area contributed by atoms with Gasteiger partial charge in [0.2, 0.25) is 0 Å². The van der Waals surface area contributed by atoms with Gasteiger partial charge in [-0.2, -0.15) is 8.78 Å². The highest BCUT2D eigenvalue weighted by atomic mass is 32.1. The number of rotatable bonds is 5. The van der Waals surface area contributed by atoms with E-state index in [1.54, 1.807) is 37.3 Å². The normalized spacial score (nSPS) is 10.9. The van der Waals surface area contributed by atoms with Gasteiger partial charge in [0, 0.05) is 11.3 Å². The molecule has 1 amide bonds. The summed E-state index contributed by atoms with van der Waals surface area (Å²) in [6.07, 6.45) is 0. The maximum Gasteiger partial charge on any atom is 0.387 e. The second kappa shape index (κ2) is 7.28. The molecule has 0 saturated heterocycles. The number of benzene rings is 1. The third-order valence-electron chi connectivity index (χ3n) is 3.48. The first-order valence-electron chi connectivity index (χ1n) is 7.33. The number of ether oxygens (including phenoxy) is 1. The van der Waals surface area contributed by atoms with Gasteiger partial charge in [-0.15, -0.1) is 22.7 Å². The molecule has 4 nitrogen and oxygen atoms in total. The number of thiophene rings is 1. The highest BCUT2D eigenvalue weighted by Crippen LogP contribution is 2.32. The van der Waals surface area contributed by atoms with Gasteiger partial charge in [0.15, 0.2) is 0 Å². The summed E-state index contributed by atoms with van der Waals surface area (Å²) in [5.41, 5.74) is 1.49. The topological polar surface area (TPSA) is 51.2 Å². The Hall–Kier alpha value is -2.32. The van der Waals surface area contributed by atoms with E-state index in [9.17, 15) is 13.6 Å². The molecule has 1 N–H and O–H groups in total. The average Bonchev–Trinajstić information content (AvgIpc) is 3.20. The molecule has 0 atom stereocenters. The van der Waals surface area contributed by atoms with Crippen molar-refractivity contribution in [2.75, 3.05) is 5.32 Å². The zero-order valence-electron chi connectivity index (χ0n) is 13.4. The number of amides is 1. The second-order valence-electron chi connectivity index (χ2n) is 5.17. The first-order chi connectivity index (χ1) is 12.0. The van der Waals surface area contributed by atoms with Gasteiger partial charge < -0.3 is 10.1 Å². The minimum atomic E-state index is -2.92. The summed E-state index contributed by atoms with van der Waals surface area (Å²) in [4.78, 5) is 18.5. The van der Waals surface area contributed by atoms with Crippen molar-refractivity contribution >= 4 is 34.3 Å². The zero-order valence-corrected chi connectivity index (χ0v) is 15.0. The van der Waals surface area contributed by atoms with Gasteiger partial charge in [0.1, 0.15) is 15.6 Å². The Bertz CT molecular complexity index is 892. The highest BCUT2D eigenvalue weighted by molar-refractivity contribution is 7.22. The Morgan fingerprint density at radius 2 is 2.04 bits per heavy atom. The van der Waals surface area contributed by atoms with E-state index in [0.717, 1.165) is 9.88 Å². The van der Waals surface area contributed by atoms with E-state index >= 15 is 0 Å². The first-order valence-corrected chi connectivity index (χ1v) is 9.02. The Morgan fingerprint density at radius 3 is 2.72 bits per heavy atom. The predicted molar refractivity (Wildman–Crippen MR) is 95.9 cm³/mol. The fourth-order valence-electron chi connectivity index (χ4n) is 2.27. The Labute approximate surface area is 151 Å². The average molecular weight is 380 g/mol. The monoisotopic (exact) mass is 380 g/mol.